The monoisotopic (exact) mass is 362 g/mol. The van der Waals surface area contributed by atoms with E-state index in [0.717, 1.165) is 31.9 Å². The van der Waals surface area contributed by atoms with Crippen LogP contribution in [0, 0.1) is 0 Å². The zero-order valence-corrected chi connectivity index (χ0v) is 16.2. The summed E-state index contributed by atoms with van der Waals surface area (Å²) in [7, 11) is 1.80. The Morgan fingerprint density at radius 3 is 2.72 bits per heavy atom. The molecule has 2 rings (SSSR count). The molecule has 0 spiro atoms. The standard InChI is InChI=1S/C19H30N4OS/c1-20-19(21-11-5-6-13-25-2)22-14-16-8-3-4-9-17(16)15-23-12-7-10-18(23)24/h3-4,8-9H,5-7,10-15H2,1-2H3,(H2,20,21,22). The molecule has 0 aliphatic carbocycles. The quantitative estimate of drug-likeness (QED) is 0.403. The molecule has 1 heterocycles. The Balaban J connectivity index is 1.83. The van der Waals surface area contributed by atoms with Gasteiger partial charge in [0, 0.05) is 39.6 Å². The number of hydrogen-bond donors (Lipinski definition) is 2. The average Bonchev–Trinajstić information content (AvgIpc) is 3.03. The number of nitrogens with one attached hydrogen (secondary N) is 2. The minimum Gasteiger partial charge on any atom is -0.356 e. The molecule has 1 fully saturated rings. The molecular formula is C19H30N4OS. The second kappa shape index (κ2) is 11.0. The van der Waals surface area contributed by atoms with Crippen LogP contribution in [0.25, 0.3) is 0 Å². The smallest absolute Gasteiger partial charge is 0.222 e. The fraction of sp³-hybridized carbons (Fsp3) is 0.579. The Bertz CT molecular complexity index is 576. The molecular weight excluding hydrogens is 332 g/mol. The maximum absolute atomic E-state index is 11.9. The largest absolute Gasteiger partial charge is 0.356 e. The van der Waals surface area contributed by atoms with Gasteiger partial charge >= 0.3 is 0 Å². The maximum Gasteiger partial charge on any atom is 0.222 e. The number of nitrogens with zero attached hydrogens (tertiary/aromatic N) is 2. The van der Waals surface area contributed by atoms with Crippen LogP contribution in [0.4, 0.5) is 0 Å². The van der Waals surface area contributed by atoms with Gasteiger partial charge in [-0.1, -0.05) is 24.3 Å². The minimum absolute atomic E-state index is 0.269. The Morgan fingerprint density at radius 2 is 2.04 bits per heavy atom. The van der Waals surface area contributed by atoms with Crippen LogP contribution in [0.5, 0.6) is 0 Å². The van der Waals surface area contributed by atoms with Gasteiger partial charge in [-0.3, -0.25) is 9.79 Å². The highest BCUT2D eigenvalue weighted by molar-refractivity contribution is 7.98. The lowest BCUT2D eigenvalue weighted by atomic mass is 10.1. The van der Waals surface area contributed by atoms with E-state index in [1.54, 1.807) is 7.05 Å². The Labute approximate surface area is 155 Å². The summed E-state index contributed by atoms with van der Waals surface area (Å²) in [5.74, 6) is 2.30. The van der Waals surface area contributed by atoms with Crippen LogP contribution in [0.2, 0.25) is 0 Å². The van der Waals surface area contributed by atoms with E-state index in [1.165, 1.54) is 23.3 Å². The van der Waals surface area contributed by atoms with Crippen LogP contribution in [0.15, 0.2) is 29.3 Å². The van der Waals surface area contributed by atoms with Crippen LogP contribution in [-0.4, -0.2) is 48.9 Å². The molecule has 1 aromatic carbocycles. The first-order chi connectivity index (χ1) is 12.2. The van der Waals surface area contributed by atoms with Gasteiger partial charge in [-0.15, -0.1) is 0 Å². The van der Waals surface area contributed by atoms with Crippen LogP contribution in [0.3, 0.4) is 0 Å². The summed E-state index contributed by atoms with van der Waals surface area (Å²) < 4.78 is 0. The van der Waals surface area contributed by atoms with Gasteiger partial charge in [0.2, 0.25) is 5.91 Å². The topological polar surface area (TPSA) is 56.7 Å². The SMILES string of the molecule is CN=C(NCCCCSC)NCc1ccccc1CN1CCCC1=O. The Kier molecular flexibility index (Phi) is 8.66. The van der Waals surface area contributed by atoms with Crippen molar-refractivity contribution >= 4 is 23.6 Å². The lowest BCUT2D eigenvalue weighted by Gasteiger charge is -2.19. The number of benzene rings is 1. The zero-order chi connectivity index (χ0) is 17.9. The summed E-state index contributed by atoms with van der Waals surface area (Å²) in [6, 6.07) is 8.32. The van der Waals surface area contributed by atoms with Crippen LogP contribution < -0.4 is 10.6 Å². The molecule has 138 valence electrons. The van der Waals surface area contributed by atoms with Crippen LogP contribution in [0.1, 0.15) is 36.8 Å². The second-order valence-electron chi connectivity index (χ2n) is 6.24. The molecule has 1 aliphatic heterocycles. The van der Waals surface area contributed by atoms with Gasteiger partial charge in [-0.25, -0.2) is 0 Å². The number of guanidine groups is 1. The number of aliphatic imine (C=N–C) groups is 1. The molecule has 0 aromatic heterocycles. The van der Waals surface area contributed by atoms with Crippen molar-refractivity contribution in [3.05, 3.63) is 35.4 Å². The predicted octanol–water partition coefficient (Wildman–Crippen LogP) is 2.62. The lowest BCUT2D eigenvalue weighted by Crippen LogP contribution is -2.37. The van der Waals surface area contributed by atoms with E-state index in [1.807, 2.05) is 28.8 Å². The van der Waals surface area contributed by atoms with Crippen molar-refractivity contribution in [1.82, 2.24) is 15.5 Å². The van der Waals surface area contributed by atoms with E-state index < -0.39 is 0 Å². The number of rotatable bonds is 9. The van der Waals surface area contributed by atoms with Gasteiger partial charge in [0.05, 0.1) is 0 Å². The van der Waals surface area contributed by atoms with Crippen LogP contribution >= 0.6 is 11.8 Å². The molecule has 1 amide bonds. The van der Waals surface area contributed by atoms with E-state index in [-0.39, 0.29) is 5.91 Å². The van der Waals surface area contributed by atoms with Gasteiger partial charge in [-0.2, -0.15) is 11.8 Å². The van der Waals surface area contributed by atoms with Gasteiger partial charge in [-0.05, 0) is 42.4 Å². The summed E-state index contributed by atoms with van der Waals surface area (Å²) in [5, 5.41) is 6.75. The fourth-order valence-electron chi connectivity index (χ4n) is 2.94. The molecule has 1 aromatic rings. The minimum atomic E-state index is 0.269. The molecule has 5 nitrogen and oxygen atoms in total. The third-order valence-electron chi connectivity index (χ3n) is 4.39. The maximum atomic E-state index is 11.9. The Morgan fingerprint density at radius 1 is 1.24 bits per heavy atom. The molecule has 1 saturated heterocycles. The molecule has 25 heavy (non-hydrogen) atoms. The molecule has 2 N–H and O–H groups in total. The zero-order valence-electron chi connectivity index (χ0n) is 15.4. The van der Waals surface area contributed by atoms with E-state index >= 15 is 0 Å². The van der Waals surface area contributed by atoms with E-state index in [0.29, 0.717) is 19.5 Å². The van der Waals surface area contributed by atoms with Gasteiger partial charge in [0.25, 0.3) is 0 Å². The molecule has 0 atom stereocenters. The molecule has 0 saturated carbocycles. The van der Waals surface area contributed by atoms with Crippen molar-refractivity contribution in [2.45, 2.75) is 38.8 Å². The number of unbranched alkanes of at least 4 members (excludes halogenated alkanes) is 1. The highest BCUT2D eigenvalue weighted by Gasteiger charge is 2.20. The first kappa shape index (κ1) is 19.6. The molecule has 6 heteroatoms. The fourth-order valence-corrected chi connectivity index (χ4v) is 3.43. The number of thioether (sulfide) groups is 1. The highest BCUT2D eigenvalue weighted by Crippen LogP contribution is 2.17. The van der Waals surface area contributed by atoms with Crippen molar-refractivity contribution in [3.63, 3.8) is 0 Å². The first-order valence-corrected chi connectivity index (χ1v) is 10.4. The van der Waals surface area contributed by atoms with Gasteiger partial charge in [0.15, 0.2) is 5.96 Å². The van der Waals surface area contributed by atoms with Crippen molar-refractivity contribution in [2.24, 2.45) is 4.99 Å². The average molecular weight is 363 g/mol. The van der Waals surface area contributed by atoms with Crippen molar-refractivity contribution in [3.8, 4) is 0 Å². The highest BCUT2D eigenvalue weighted by atomic mass is 32.2. The summed E-state index contributed by atoms with van der Waals surface area (Å²) in [4.78, 5) is 18.1. The summed E-state index contributed by atoms with van der Waals surface area (Å²) in [6.07, 6.45) is 6.17. The normalized spacial score (nSPS) is 14.9. The first-order valence-electron chi connectivity index (χ1n) is 9.02. The van der Waals surface area contributed by atoms with Crippen molar-refractivity contribution in [2.75, 3.05) is 32.1 Å². The number of carbonyl (C=O) groups excluding carboxylic acids is 1. The lowest BCUT2D eigenvalue weighted by molar-refractivity contribution is -0.128. The van der Waals surface area contributed by atoms with Crippen LogP contribution in [-0.2, 0) is 17.9 Å². The summed E-state index contributed by atoms with van der Waals surface area (Å²) >= 11 is 1.89. The van der Waals surface area contributed by atoms with Gasteiger partial charge in [0.1, 0.15) is 0 Å². The summed E-state index contributed by atoms with van der Waals surface area (Å²) in [5.41, 5.74) is 2.42. The van der Waals surface area contributed by atoms with Crippen molar-refractivity contribution in [1.29, 1.82) is 0 Å². The Hall–Kier alpha value is -1.69. The molecule has 1 aliphatic rings. The van der Waals surface area contributed by atoms with E-state index in [9.17, 15) is 4.79 Å². The third-order valence-corrected chi connectivity index (χ3v) is 5.09. The summed E-state index contributed by atoms with van der Waals surface area (Å²) in [6.45, 7) is 3.23. The van der Waals surface area contributed by atoms with E-state index in [4.69, 9.17) is 0 Å². The number of likely N-dealkylation sites (tertiary alicyclic amines) is 1. The molecule has 0 bridgehead atoms. The third kappa shape index (κ3) is 6.61. The second-order valence-corrected chi connectivity index (χ2v) is 7.23. The number of hydrogen-bond acceptors (Lipinski definition) is 3. The predicted molar refractivity (Wildman–Crippen MR) is 107 cm³/mol. The van der Waals surface area contributed by atoms with Gasteiger partial charge < -0.3 is 15.5 Å². The number of amides is 1. The number of carbonyl (C=O) groups is 1. The van der Waals surface area contributed by atoms with E-state index in [2.05, 4.69) is 34.0 Å². The van der Waals surface area contributed by atoms with Crippen molar-refractivity contribution < 1.29 is 4.79 Å². The molecule has 0 radical (unpaired) electrons. The molecule has 0 unspecified atom stereocenters.